The lowest BCUT2D eigenvalue weighted by Crippen LogP contribution is -2.00. The second kappa shape index (κ2) is 7.50. The lowest BCUT2D eigenvalue weighted by atomic mass is 10.2. The van der Waals surface area contributed by atoms with Crippen LogP contribution in [-0.4, -0.2) is 0 Å². The van der Waals surface area contributed by atoms with Crippen LogP contribution in [-0.2, 0) is 0 Å². The number of nitrogens with one attached hydrogen (secondary N) is 1. The molecule has 0 aliphatic heterocycles. The van der Waals surface area contributed by atoms with Crippen molar-refractivity contribution in [3.05, 3.63) is 71.7 Å². The smallest absolute Gasteiger partial charge is 0.0376 e. The van der Waals surface area contributed by atoms with Crippen LogP contribution in [0.25, 0.3) is 0 Å². The van der Waals surface area contributed by atoms with E-state index in [2.05, 4.69) is 55.6 Å². The molecule has 0 aromatic rings. The first kappa shape index (κ1) is 13.3. The quantitative estimate of drug-likeness (QED) is 0.702. The minimum atomic E-state index is 1.03. The Labute approximate surface area is 105 Å². The molecule has 1 aliphatic rings. The summed E-state index contributed by atoms with van der Waals surface area (Å²) < 4.78 is 0. The van der Waals surface area contributed by atoms with Gasteiger partial charge >= 0.3 is 0 Å². The van der Waals surface area contributed by atoms with Gasteiger partial charge in [0, 0.05) is 11.9 Å². The minimum Gasteiger partial charge on any atom is -0.362 e. The van der Waals surface area contributed by atoms with E-state index in [1.54, 1.807) is 0 Å². The van der Waals surface area contributed by atoms with E-state index in [0.29, 0.717) is 0 Å². The summed E-state index contributed by atoms with van der Waals surface area (Å²) in [6.07, 6.45) is 19.7. The van der Waals surface area contributed by atoms with E-state index in [1.165, 1.54) is 11.1 Å². The van der Waals surface area contributed by atoms with Crippen LogP contribution in [0.4, 0.5) is 0 Å². The Bertz CT molecular complexity index is 415. The zero-order valence-corrected chi connectivity index (χ0v) is 10.9. The van der Waals surface area contributed by atoms with Crippen molar-refractivity contribution >= 4 is 0 Å². The van der Waals surface area contributed by atoms with E-state index < -0.39 is 0 Å². The van der Waals surface area contributed by atoms with Crippen molar-refractivity contribution in [2.45, 2.75) is 27.2 Å². The molecule has 0 saturated heterocycles. The third kappa shape index (κ3) is 5.76. The third-order valence-corrected chi connectivity index (χ3v) is 2.42. The normalized spacial score (nSPS) is 17.2. The summed E-state index contributed by atoms with van der Waals surface area (Å²) in [5, 5.41) is 3.26. The second-order valence-corrected chi connectivity index (χ2v) is 4.16. The Morgan fingerprint density at radius 3 is 2.94 bits per heavy atom. The van der Waals surface area contributed by atoms with Crippen LogP contribution in [0.1, 0.15) is 27.2 Å². The van der Waals surface area contributed by atoms with E-state index in [1.807, 2.05) is 25.3 Å². The maximum absolute atomic E-state index is 3.26. The molecule has 90 valence electrons. The van der Waals surface area contributed by atoms with E-state index in [9.17, 15) is 0 Å². The molecule has 0 spiro atoms. The molecule has 0 fully saturated rings. The molecule has 0 saturated carbocycles. The summed E-state index contributed by atoms with van der Waals surface area (Å²) in [5.74, 6) is 0. The van der Waals surface area contributed by atoms with Gasteiger partial charge in [-0.2, -0.15) is 0 Å². The fourth-order valence-electron chi connectivity index (χ4n) is 1.49. The van der Waals surface area contributed by atoms with E-state index in [4.69, 9.17) is 0 Å². The average Bonchev–Trinajstić information content (AvgIpc) is 2.50. The number of rotatable bonds is 4. The number of hydrogen-bond donors (Lipinski definition) is 1. The van der Waals surface area contributed by atoms with Gasteiger partial charge in [0.2, 0.25) is 0 Å². The lowest BCUT2D eigenvalue weighted by molar-refractivity contribution is 1.11. The Balaban J connectivity index is 2.51. The van der Waals surface area contributed by atoms with E-state index >= 15 is 0 Å². The fourth-order valence-corrected chi connectivity index (χ4v) is 1.49. The molecule has 0 bridgehead atoms. The third-order valence-electron chi connectivity index (χ3n) is 2.42. The highest BCUT2D eigenvalue weighted by molar-refractivity contribution is 5.30. The summed E-state index contributed by atoms with van der Waals surface area (Å²) >= 11 is 0. The van der Waals surface area contributed by atoms with Crippen molar-refractivity contribution in [3.63, 3.8) is 0 Å². The fraction of sp³-hybridized carbons (Fsp3) is 0.250. The summed E-state index contributed by atoms with van der Waals surface area (Å²) in [6, 6.07) is 0. The molecule has 1 heteroatoms. The first-order valence-electron chi connectivity index (χ1n) is 5.99. The largest absolute Gasteiger partial charge is 0.362 e. The number of hydrogen-bond acceptors (Lipinski definition) is 1. The van der Waals surface area contributed by atoms with Crippen molar-refractivity contribution in [3.8, 4) is 0 Å². The predicted octanol–water partition coefficient (Wildman–Crippen LogP) is 4.40. The molecular weight excluding hydrogens is 206 g/mol. The standard InChI is InChI=1S/C16H21N/c1-4-7-14(2)9-6-13-17-16-10-5-8-15(3)11-12-16/h4-7,9-13,17H,8H2,1-3H3/b7-4-,13-6+,14-9-. The monoisotopic (exact) mass is 227 g/mol. The molecule has 1 rings (SSSR count). The van der Waals surface area contributed by atoms with Crippen LogP contribution in [0, 0.1) is 0 Å². The highest BCUT2D eigenvalue weighted by Gasteiger charge is 1.92. The zero-order chi connectivity index (χ0) is 12.5. The van der Waals surface area contributed by atoms with Gasteiger partial charge in [0.05, 0.1) is 0 Å². The van der Waals surface area contributed by atoms with Gasteiger partial charge in [0.25, 0.3) is 0 Å². The molecule has 0 radical (unpaired) electrons. The molecule has 17 heavy (non-hydrogen) atoms. The van der Waals surface area contributed by atoms with Gasteiger partial charge in [-0.1, -0.05) is 41.5 Å². The molecule has 0 aromatic heterocycles. The Morgan fingerprint density at radius 1 is 1.35 bits per heavy atom. The van der Waals surface area contributed by atoms with Gasteiger partial charge in [-0.3, -0.25) is 0 Å². The van der Waals surface area contributed by atoms with Gasteiger partial charge in [0.15, 0.2) is 0 Å². The lowest BCUT2D eigenvalue weighted by Gasteiger charge is -1.98. The SMILES string of the molecule is C\C=C/C(C)=C\C=C\NC1=CC=C(C)CC=C1. The van der Waals surface area contributed by atoms with Crippen molar-refractivity contribution in [1.82, 2.24) is 5.32 Å². The molecular formula is C16H21N. The maximum Gasteiger partial charge on any atom is 0.0376 e. The maximum atomic E-state index is 3.26. The van der Waals surface area contributed by atoms with Crippen LogP contribution < -0.4 is 5.32 Å². The van der Waals surface area contributed by atoms with Gasteiger partial charge in [0.1, 0.15) is 0 Å². The second-order valence-electron chi connectivity index (χ2n) is 4.16. The highest BCUT2D eigenvalue weighted by Crippen LogP contribution is 2.08. The summed E-state index contributed by atoms with van der Waals surface area (Å²) in [7, 11) is 0. The molecule has 0 unspecified atom stereocenters. The topological polar surface area (TPSA) is 12.0 Å². The average molecular weight is 227 g/mol. The molecule has 1 N–H and O–H groups in total. The highest BCUT2D eigenvalue weighted by atomic mass is 14.8. The van der Waals surface area contributed by atoms with Crippen molar-refractivity contribution in [2.75, 3.05) is 0 Å². The molecule has 1 aliphatic carbocycles. The van der Waals surface area contributed by atoms with Crippen molar-refractivity contribution < 1.29 is 0 Å². The summed E-state index contributed by atoms with van der Waals surface area (Å²) in [5.41, 5.74) is 3.74. The Kier molecular flexibility index (Phi) is 5.87. The van der Waals surface area contributed by atoms with E-state index in [0.717, 1.165) is 12.1 Å². The van der Waals surface area contributed by atoms with Crippen LogP contribution in [0.3, 0.4) is 0 Å². The van der Waals surface area contributed by atoms with Crippen LogP contribution >= 0.6 is 0 Å². The summed E-state index contributed by atoms with van der Waals surface area (Å²) in [4.78, 5) is 0. The first-order chi connectivity index (χ1) is 8.22. The predicted molar refractivity (Wildman–Crippen MR) is 76.4 cm³/mol. The van der Waals surface area contributed by atoms with Crippen LogP contribution in [0.15, 0.2) is 71.7 Å². The van der Waals surface area contributed by atoms with Gasteiger partial charge in [-0.25, -0.2) is 0 Å². The number of allylic oxidation sites excluding steroid dienone is 10. The molecule has 0 heterocycles. The van der Waals surface area contributed by atoms with Gasteiger partial charge in [-0.05, 0) is 45.4 Å². The van der Waals surface area contributed by atoms with Crippen LogP contribution in [0.2, 0.25) is 0 Å². The molecule has 0 atom stereocenters. The zero-order valence-electron chi connectivity index (χ0n) is 10.9. The van der Waals surface area contributed by atoms with Crippen LogP contribution in [0.5, 0.6) is 0 Å². The first-order valence-corrected chi connectivity index (χ1v) is 5.99. The molecule has 1 nitrogen and oxygen atoms in total. The minimum absolute atomic E-state index is 1.03. The summed E-state index contributed by atoms with van der Waals surface area (Å²) in [6.45, 7) is 6.25. The Hall–Kier alpha value is -1.76. The van der Waals surface area contributed by atoms with Crippen molar-refractivity contribution in [2.24, 2.45) is 0 Å². The Morgan fingerprint density at radius 2 is 2.18 bits per heavy atom. The van der Waals surface area contributed by atoms with Gasteiger partial charge in [-0.15, -0.1) is 0 Å². The van der Waals surface area contributed by atoms with E-state index in [-0.39, 0.29) is 0 Å². The van der Waals surface area contributed by atoms with Gasteiger partial charge < -0.3 is 5.32 Å². The molecule has 0 amide bonds. The van der Waals surface area contributed by atoms with Crippen molar-refractivity contribution in [1.29, 1.82) is 0 Å². The molecule has 0 aromatic carbocycles.